The topological polar surface area (TPSA) is 48.7 Å². The van der Waals surface area contributed by atoms with Gasteiger partial charge < -0.3 is 14.6 Å². The first-order chi connectivity index (χ1) is 33.9. The maximum Gasteiger partial charge on any atom is 0.506 e. The van der Waals surface area contributed by atoms with Gasteiger partial charge in [0.25, 0.3) is 0 Å². The van der Waals surface area contributed by atoms with Gasteiger partial charge in [-0.3, -0.25) is 0 Å². The third-order valence-corrected chi connectivity index (χ3v) is 15.1. The Balaban J connectivity index is 0.976. The van der Waals surface area contributed by atoms with Crippen molar-refractivity contribution in [3.05, 3.63) is 254 Å². The molecule has 0 amide bonds. The molecule has 330 valence electrons. The van der Waals surface area contributed by atoms with Crippen molar-refractivity contribution in [3.63, 3.8) is 0 Å². The highest BCUT2D eigenvalue weighted by Gasteiger charge is 2.37. The molecule has 1 heterocycles. The van der Waals surface area contributed by atoms with Gasteiger partial charge in [0.05, 0.1) is 22.4 Å². The van der Waals surface area contributed by atoms with E-state index < -0.39 is 7.95 Å². The predicted molar refractivity (Wildman–Crippen MR) is 289 cm³/mol. The van der Waals surface area contributed by atoms with Crippen molar-refractivity contribution in [1.29, 1.82) is 0 Å². The molecule has 1 aromatic heterocycles. The van der Waals surface area contributed by atoms with Crippen molar-refractivity contribution in [2.24, 2.45) is 0 Å². The lowest BCUT2D eigenvalue weighted by Gasteiger charge is -2.28. The zero-order chi connectivity index (χ0) is 46.5. The van der Waals surface area contributed by atoms with Gasteiger partial charge in [0.15, 0.2) is 0 Å². The van der Waals surface area contributed by atoms with Crippen LogP contribution in [0.15, 0.2) is 247 Å². The highest BCUT2D eigenvalue weighted by molar-refractivity contribution is 7.55. The van der Waals surface area contributed by atoms with Crippen LogP contribution in [-0.4, -0.2) is 0 Å². The maximum atomic E-state index is 14.9. The average molecular weight is 909 g/mol. The molecule has 1 aliphatic carbocycles. The number of benzene rings is 10. The summed E-state index contributed by atoms with van der Waals surface area (Å²) in [6, 6.07) is 84.3. The zero-order valence-electron chi connectivity index (χ0n) is 38.3. The molecular formula is C63H47N3O2P+. The minimum absolute atomic E-state index is 0.146. The second kappa shape index (κ2) is 17.3. The fourth-order valence-corrected chi connectivity index (χ4v) is 11.5. The van der Waals surface area contributed by atoms with E-state index in [9.17, 15) is 4.57 Å². The first-order valence-corrected chi connectivity index (χ1v) is 24.6. The fraction of sp³-hybridized carbons (Fsp3) is 0.0476. The molecule has 0 fully saturated rings. The number of fused-ring (bicyclic) bond motifs is 6. The highest BCUT2D eigenvalue weighted by atomic mass is 31.1. The van der Waals surface area contributed by atoms with E-state index in [4.69, 9.17) is 4.42 Å². The monoisotopic (exact) mass is 908 g/mol. The van der Waals surface area contributed by atoms with Crippen molar-refractivity contribution in [2.45, 2.75) is 19.3 Å². The lowest BCUT2D eigenvalue weighted by molar-refractivity contribution is 0.593. The van der Waals surface area contributed by atoms with Gasteiger partial charge in [0.1, 0.15) is 16.9 Å². The molecule has 1 aliphatic rings. The van der Waals surface area contributed by atoms with E-state index in [0.717, 1.165) is 78.2 Å². The van der Waals surface area contributed by atoms with Gasteiger partial charge in [-0.25, -0.2) is 0 Å². The Kier molecular flexibility index (Phi) is 10.5. The van der Waals surface area contributed by atoms with E-state index in [0.29, 0.717) is 0 Å². The van der Waals surface area contributed by atoms with Crippen LogP contribution in [0.5, 0.6) is 0 Å². The SMILES string of the molecule is CC1(C)c2ccccc2-c2ccc(N(c3ccc(-c4ccccc4)cc3)c3ccc(-c4ccc(N(c5ccccc5)[P+](=O)c5ccccc5)c(Nc5cccc6oc7ccccc7c56)c4)cc3)cc21. The fourth-order valence-electron chi connectivity index (χ4n) is 10.1. The number of furan rings is 1. The Morgan fingerprint density at radius 3 is 1.74 bits per heavy atom. The van der Waals surface area contributed by atoms with E-state index >= 15 is 0 Å². The lowest BCUT2D eigenvalue weighted by atomic mass is 9.82. The summed E-state index contributed by atoms with van der Waals surface area (Å²) in [5.41, 5.74) is 17.7. The summed E-state index contributed by atoms with van der Waals surface area (Å²) >= 11 is 0. The Labute approximate surface area is 403 Å². The molecule has 0 radical (unpaired) electrons. The van der Waals surface area contributed by atoms with Gasteiger partial charge in [-0.05, 0) is 140 Å². The first kappa shape index (κ1) is 41.9. The number of nitrogens with zero attached hydrogens (tertiary/aromatic N) is 2. The van der Waals surface area contributed by atoms with Crippen molar-refractivity contribution in [3.8, 4) is 33.4 Å². The summed E-state index contributed by atoms with van der Waals surface area (Å²) in [5, 5.41) is 6.59. The number of hydrogen-bond acceptors (Lipinski definition) is 4. The molecule has 10 aromatic carbocycles. The Hall–Kier alpha value is -8.50. The molecule has 0 saturated heterocycles. The largest absolute Gasteiger partial charge is 0.506 e. The minimum Gasteiger partial charge on any atom is -0.456 e. The van der Waals surface area contributed by atoms with Crippen LogP contribution in [0.4, 0.5) is 39.8 Å². The van der Waals surface area contributed by atoms with Gasteiger partial charge in [-0.15, -0.1) is 4.67 Å². The Bertz CT molecular complexity index is 3680. The molecule has 0 spiro atoms. The quantitative estimate of drug-likeness (QED) is 0.131. The molecule has 5 nitrogen and oxygen atoms in total. The van der Waals surface area contributed by atoms with Crippen LogP contribution in [0.25, 0.3) is 55.3 Å². The molecular weight excluding hydrogens is 862 g/mol. The number of nitrogens with one attached hydrogen (secondary N) is 1. The van der Waals surface area contributed by atoms with Crippen LogP contribution in [0.2, 0.25) is 0 Å². The van der Waals surface area contributed by atoms with E-state index in [1.165, 1.54) is 33.4 Å². The minimum atomic E-state index is -2.07. The molecule has 0 aliphatic heterocycles. The number of para-hydroxylation sites is 2. The molecule has 12 rings (SSSR count). The van der Waals surface area contributed by atoms with Gasteiger partial charge >= 0.3 is 7.95 Å². The van der Waals surface area contributed by atoms with Crippen molar-refractivity contribution < 1.29 is 8.98 Å². The zero-order valence-corrected chi connectivity index (χ0v) is 39.1. The van der Waals surface area contributed by atoms with Crippen LogP contribution >= 0.6 is 7.95 Å². The van der Waals surface area contributed by atoms with Gasteiger partial charge in [-0.1, -0.05) is 166 Å². The van der Waals surface area contributed by atoms with E-state index in [-0.39, 0.29) is 5.41 Å². The number of anilines is 7. The smallest absolute Gasteiger partial charge is 0.456 e. The van der Waals surface area contributed by atoms with Crippen LogP contribution in [0.3, 0.4) is 0 Å². The number of hydrogen-bond donors (Lipinski definition) is 1. The molecule has 1 unspecified atom stereocenters. The van der Waals surface area contributed by atoms with Gasteiger partial charge in [0.2, 0.25) is 5.30 Å². The summed E-state index contributed by atoms with van der Waals surface area (Å²) in [6.07, 6.45) is 0. The first-order valence-electron chi connectivity index (χ1n) is 23.4. The van der Waals surface area contributed by atoms with Crippen LogP contribution < -0.4 is 20.2 Å². The summed E-state index contributed by atoms with van der Waals surface area (Å²) < 4.78 is 23.1. The van der Waals surface area contributed by atoms with Gasteiger partial charge in [-0.2, -0.15) is 0 Å². The number of rotatable bonds is 11. The third kappa shape index (κ3) is 7.54. The summed E-state index contributed by atoms with van der Waals surface area (Å²) in [5.74, 6) is 0. The van der Waals surface area contributed by atoms with E-state index in [2.05, 4.69) is 176 Å². The normalized spacial score (nSPS) is 12.6. The standard InChI is InChI=1S/C63H47N3O2P/c1-63(2)55-25-14-12-23-52(55)53-39-38-50(42-56(53)63)65(47-34-29-44(30-35-47)43-17-6-3-7-18-43)48-36-31-45(32-37-48)46-33-40-59(66(49-19-8-4-9-20-49)69(67)51-21-10-5-11-22-51)58(41-46)64-57-26-16-28-61-62(57)54-24-13-15-27-60(54)68-61/h3-42,64H,1-2H3/q+1. The van der Waals surface area contributed by atoms with Crippen molar-refractivity contribution >= 4 is 75.0 Å². The molecule has 1 N–H and O–H groups in total. The molecule has 0 bridgehead atoms. The Morgan fingerprint density at radius 2 is 1.00 bits per heavy atom. The molecule has 6 heteroatoms. The highest BCUT2D eigenvalue weighted by Crippen LogP contribution is 2.51. The molecule has 69 heavy (non-hydrogen) atoms. The van der Waals surface area contributed by atoms with Gasteiger partial charge in [0, 0.05) is 27.9 Å². The summed E-state index contributed by atoms with van der Waals surface area (Å²) in [7, 11) is -2.07. The lowest BCUT2D eigenvalue weighted by Crippen LogP contribution is -2.16. The molecule has 0 saturated carbocycles. The second-order valence-electron chi connectivity index (χ2n) is 18.1. The average Bonchev–Trinajstić information content (AvgIpc) is 3.90. The van der Waals surface area contributed by atoms with Crippen molar-refractivity contribution in [1.82, 2.24) is 0 Å². The van der Waals surface area contributed by atoms with Crippen molar-refractivity contribution in [2.75, 3.05) is 14.9 Å². The van der Waals surface area contributed by atoms with Crippen LogP contribution in [0.1, 0.15) is 25.0 Å². The van der Waals surface area contributed by atoms with Crippen LogP contribution in [-0.2, 0) is 9.98 Å². The van der Waals surface area contributed by atoms with Crippen LogP contribution in [0, 0.1) is 0 Å². The maximum absolute atomic E-state index is 14.9. The molecule has 1 atom stereocenters. The summed E-state index contributed by atoms with van der Waals surface area (Å²) in [4.78, 5) is 2.36. The summed E-state index contributed by atoms with van der Waals surface area (Å²) in [6.45, 7) is 4.67. The third-order valence-electron chi connectivity index (χ3n) is 13.6. The second-order valence-corrected chi connectivity index (χ2v) is 19.5. The molecule has 11 aromatic rings. The predicted octanol–water partition coefficient (Wildman–Crippen LogP) is 17.6. The Morgan fingerprint density at radius 1 is 0.435 bits per heavy atom. The van der Waals surface area contributed by atoms with E-state index in [1.54, 1.807) is 0 Å². The van der Waals surface area contributed by atoms with E-state index in [1.807, 2.05) is 95.7 Å².